The number of carbonyl (C=O) groups excluding carboxylic acids is 3. The molecule has 3 aliphatic heterocycles. The maximum Gasteiger partial charge on any atom is 0.345 e. The fourth-order valence-corrected chi connectivity index (χ4v) is 7.70. The molecular weight excluding hydrogens is 723 g/mol. The Bertz CT molecular complexity index is 1940. The van der Waals surface area contributed by atoms with E-state index in [0.29, 0.717) is 80.1 Å². The van der Waals surface area contributed by atoms with E-state index in [2.05, 4.69) is 29.9 Å². The van der Waals surface area contributed by atoms with Crippen LogP contribution in [0.2, 0.25) is 0 Å². The van der Waals surface area contributed by atoms with Crippen molar-refractivity contribution < 1.29 is 32.6 Å². The van der Waals surface area contributed by atoms with E-state index in [1.54, 1.807) is 36.8 Å². The third kappa shape index (κ3) is 8.89. The van der Waals surface area contributed by atoms with E-state index in [0.717, 1.165) is 43.9 Å². The Balaban J connectivity index is 1.01. The lowest BCUT2D eigenvalue weighted by molar-refractivity contribution is -0.137. The maximum atomic E-state index is 13.7. The minimum absolute atomic E-state index is 0.0766. The molecule has 7 rings (SSSR count). The number of likely N-dealkylation sites (tertiary alicyclic amines) is 1. The summed E-state index contributed by atoms with van der Waals surface area (Å²) in [7, 11) is 0. The molecule has 0 spiro atoms. The Hall–Kier alpha value is -4.49. The number of halogens is 2. The monoisotopic (exact) mass is 766 g/mol. The normalized spacial score (nSPS) is 17.8. The predicted molar refractivity (Wildman–Crippen MR) is 196 cm³/mol. The summed E-state index contributed by atoms with van der Waals surface area (Å²) in [6, 6.07) is 7.37. The quantitative estimate of drug-likeness (QED) is 0.213. The lowest BCUT2D eigenvalue weighted by atomic mass is 10.0. The number of nitrogens with one attached hydrogen (secondary N) is 1. The van der Waals surface area contributed by atoms with Gasteiger partial charge in [0.1, 0.15) is 17.8 Å². The van der Waals surface area contributed by atoms with Gasteiger partial charge in [-0.15, -0.1) is 11.8 Å². The molecule has 15 nitrogen and oxygen atoms in total. The second kappa shape index (κ2) is 17.3. The number of fused-ring (bicyclic) bond motifs is 1. The molecule has 1 N–H and O–H groups in total. The standard InChI is InChI=1S/C36H44F2N10O5S/c1-54-27-4-3-25(24-53-36(37)38)28(19-27)33-30(41-35(51)29-20-40-48-8-2-7-39-34(29)48)21-47(42-33)23-32(50)45-9-5-26(6-10-45)44-13-11-43(12-14-44)22-31(49)46-15-17-52-18-16-46/h2-4,7-8,19-21,26,36H,5-6,9-18,22-24H2,1H3,(H,41,51). The lowest BCUT2D eigenvalue weighted by Gasteiger charge is -2.43. The first-order valence-electron chi connectivity index (χ1n) is 18.1. The van der Waals surface area contributed by atoms with E-state index in [1.807, 2.05) is 22.1 Å². The average molecular weight is 767 g/mol. The predicted octanol–water partition coefficient (Wildman–Crippen LogP) is 2.77. The molecule has 0 aliphatic carbocycles. The van der Waals surface area contributed by atoms with Gasteiger partial charge in [-0.1, -0.05) is 6.07 Å². The van der Waals surface area contributed by atoms with Crippen LogP contribution in [-0.4, -0.2) is 153 Å². The molecule has 0 unspecified atom stereocenters. The molecule has 4 aromatic rings. The topological polar surface area (TPSA) is 143 Å². The Kier molecular flexibility index (Phi) is 12.1. The zero-order valence-electron chi connectivity index (χ0n) is 30.1. The van der Waals surface area contributed by atoms with Gasteiger partial charge in [0.15, 0.2) is 5.65 Å². The number of carbonyl (C=O) groups is 3. The highest BCUT2D eigenvalue weighted by Crippen LogP contribution is 2.34. The van der Waals surface area contributed by atoms with E-state index in [4.69, 9.17) is 9.84 Å². The van der Waals surface area contributed by atoms with Crippen LogP contribution in [0.4, 0.5) is 14.5 Å². The molecule has 54 heavy (non-hydrogen) atoms. The van der Waals surface area contributed by atoms with E-state index in [-0.39, 0.29) is 30.5 Å². The molecule has 0 saturated carbocycles. The molecule has 3 aromatic heterocycles. The van der Waals surface area contributed by atoms with Gasteiger partial charge in [0.05, 0.1) is 38.2 Å². The summed E-state index contributed by atoms with van der Waals surface area (Å²) in [5, 5.41) is 11.9. The number of anilines is 1. The summed E-state index contributed by atoms with van der Waals surface area (Å²) in [5.74, 6) is -0.442. The number of hydrogen-bond donors (Lipinski definition) is 1. The number of amides is 3. The number of aromatic nitrogens is 5. The molecule has 3 aliphatic rings. The van der Waals surface area contributed by atoms with Crippen molar-refractivity contribution in [1.29, 1.82) is 0 Å². The van der Waals surface area contributed by atoms with Gasteiger partial charge >= 0.3 is 6.61 Å². The number of piperidine rings is 1. The number of hydrogen-bond acceptors (Lipinski definition) is 11. The number of thioether (sulfide) groups is 1. The van der Waals surface area contributed by atoms with Crippen molar-refractivity contribution in [1.82, 2.24) is 44.0 Å². The number of nitrogens with zero attached hydrogens (tertiary/aromatic N) is 9. The second-order valence-corrected chi connectivity index (χ2v) is 14.4. The van der Waals surface area contributed by atoms with Crippen LogP contribution in [0.15, 0.2) is 53.9 Å². The molecule has 3 amide bonds. The van der Waals surface area contributed by atoms with Gasteiger partial charge in [-0.2, -0.15) is 19.0 Å². The Morgan fingerprint density at radius 1 is 1.00 bits per heavy atom. The Morgan fingerprint density at radius 3 is 2.48 bits per heavy atom. The summed E-state index contributed by atoms with van der Waals surface area (Å²) >= 11 is 1.47. The second-order valence-electron chi connectivity index (χ2n) is 13.5. The molecule has 288 valence electrons. The third-order valence-electron chi connectivity index (χ3n) is 10.2. The number of ether oxygens (including phenoxy) is 2. The van der Waals surface area contributed by atoms with Crippen LogP contribution in [0.25, 0.3) is 16.9 Å². The first kappa shape index (κ1) is 37.8. The fraction of sp³-hybridized carbons (Fsp3) is 0.500. The van der Waals surface area contributed by atoms with E-state index in [9.17, 15) is 23.2 Å². The summed E-state index contributed by atoms with van der Waals surface area (Å²) in [4.78, 5) is 53.5. The number of rotatable bonds is 12. The minimum Gasteiger partial charge on any atom is -0.378 e. The van der Waals surface area contributed by atoms with Gasteiger partial charge in [0.25, 0.3) is 5.91 Å². The molecule has 3 fully saturated rings. The molecule has 0 radical (unpaired) electrons. The highest BCUT2D eigenvalue weighted by molar-refractivity contribution is 7.98. The van der Waals surface area contributed by atoms with Gasteiger partial charge in [-0.05, 0) is 42.9 Å². The van der Waals surface area contributed by atoms with Crippen LogP contribution in [0, 0.1) is 0 Å². The number of alkyl halides is 2. The number of piperazine rings is 1. The van der Waals surface area contributed by atoms with Crippen molar-refractivity contribution in [3.8, 4) is 11.3 Å². The lowest BCUT2D eigenvalue weighted by Crippen LogP contribution is -2.55. The number of morpholine rings is 1. The van der Waals surface area contributed by atoms with Gasteiger partial charge in [0, 0.05) is 87.4 Å². The van der Waals surface area contributed by atoms with Crippen LogP contribution in [0.5, 0.6) is 0 Å². The molecule has 3 saturated heterocycles. The largest absolute Gasteiger partial charge is 0.378 e. The first-order chi connectivity index (χ1) is 26.2. The Labute approximate surface area is 315 Å². The summed E-state index contributed by atoms with van der Waals surface area (Å²) in [6.07, 6.45) is 9.82. The van der Waals surface area contributed by atoms with Crippen molar-refractivity contribution >= 4 is 40.8 Å². The van der Waals surface area contributed by atoms with Crippen LogP contribution in [0.3, 0.4) is 0 Å². The maximum absolute atomic E-state index is 13.7. The molecule has 6 heterocycles. The average Bonchev–Trinajstić information content (AvgIpc) is 3.81. The third-order valence-corrected chi connectivity index (χ3v) is 11.0. The van der Waals surface area contributed by atoms with Crippen molar-refractivity contribution in [2.45, 2.75) is 43.5 Å². The zero-order chi connectivity index (χ0) is 37.6. The van der Waals surface area contributed by atoms with Crippen LogP contribution in [0.1, 0.15) is 28.8 Å². The van der Waals surface area contributed by atoms with E-state index >= 15 is 0 Å². The van der Waals surface area contributed by atoms with E-state index in [1.165, 1.54) is 27.2 Å². The molecule has 0 bridgehead atoms. The Morgan fingerprint density at radius 2 is 1.74 bits per heavy atom. The van der Waals surface area contributed by atoms with Crippen molar-refractivity contribution in [3.05, 3.63) is 60.2 Å². The minimum atomic E-state index is -2.97. The van der Waals surface area contributed by atoms with E-state index < -0.39 is 12.5 Å². The zero-order valence-corrected chi connectivity index (χ0v) is 30.9. The fourth-order valence-electron chi connectivity index (χ4n) is 7.26. The number of benzene rings is 1. The molecule has 0 atom stereocenters. The SMILES string of the molecule is CSc1ccc(COC(F)F)c(-c2nn(CC(=O)N3CCC(N4CCN(CC(=O)N5CCOCC5)CC4)CC3)cc2NC(=O)c2cnn3cccnc23)c1. The van der Waals surface area contributed by atoms with Crippen LogP contribution < -0.4 is 5.32 Å². The first-order valence-corrected chi connectivity index (χ1v) is 19.3. The van der Waals surface area contributed by atoms with Crippen LogP contribution >= 0.6 is 11.8 Å². The molecule has 18 heteroatoms. The highest BCUT2D eigenvalue weighted by Gasteiger charge is 2.31. The van der Waals surface area contributed by atoms with Crippen molar-refractivity contribution in [2.24, 2.45) is 0 Å². The summed E-state index contributed by atoms with van der Waals surface area (Å²) < 4.78 is 39.3. The molecule has 1 aromatic carbocycles. The van der Waals surface area contributed by atoms with Crippen molar-refractivity contribution in [3.63, 3.8) is 0 Å². The van der Waals surface area contributed by atoms with Crippen LogP contribution in [-0.2, 0) is 32.2 Å². The smallest absolute Gasteiger partial charge is 0.345 e. The summed E-state index contributed by atoms with van der Waals surface area (Å²) in [5.41, 5.74) is 2.14. The highest BCUT2D eigenvalue weighted by atomic mass is 32.2. The summed E-state index contributed by atoms with van der Waals surface area (Å²) in [6.45, 7) is 4.15. The van der Waals surface area contributed by atoms with Gasteiger partial charge in [-0.25, -0.2) is 9.50 Å². The van der Waals surface area contributed by atoms with Gasteiger partial charge in [0.2, 0.25) is 11.8 Å². The van der Waals surface area contributed by atoms with Gasteiger partial charge in [-0.3, -0.25) is 28.9 Å². The van der Waals surface area contributed by atoms with Crippen molar-refractivity contribution in [2.75, 3.05) is 83.7 Å². The molecular formula is C36H44F2N10O5S. The van der Waals surface area contributed by atoms with Gasteiger partial charge < -0.3 is 24.6 Å².